The molecule has 0 spiro atoms. The molecule has 0 aliphatic heterocycles. The predicted octanol–water partition coefficient (Wildman–Crippen LogP) is 2.28. The molecule has 3 nitrogen and oxygen atoms in total. The maximum atomic E-state index is 10.8. The fourth-order valence-electron chi connectivity index (χ4n) is 0.911. The van der Waals surface area contributed by atoms with E-state index in [0.29, 0.717) is 15.7 Å². The lowest BCUT2D eigenvalue weighted by molar-refractivity contribution is -0.118. The first-order chi connectivity index (χ1) is 6.50. The van der Waals surface area contributed by atoms with Crippen LogP contribution in [-0.4, -0.2) is 11.9 Å². The van der Waals surface area contributed by atoms with Crippen molar-refractivity contribution in [2.75, 3.05) is 5.32 Å². The van der Waals surface area contributed by atoms with E-state index in [-0.39, 0.29) is 0 Å². The summed E-state index contributed by atoms with van der Waals surface area (Å²) >= 11 is 11.6. The van der Waals surface area contributed by atoms with Crippen molar-refractivity contribution in [2.45, 2.75) is 13.0 Å². The first kappa shape index (κ1) is 11.1. The number of carbonyl (C=O) groups excluding carboxylic acids is 1. The Morgan fingerprint density at radius 3 is 2.64 bits per heavy atom. The highest BCUT2D eigenvalue weighted by Crippen LogP contribution is 2.25. The number of nitrogens with one attached hydrogen (secondary N) is 1. The van der Waals surface area contributed by atoms with Gasteiger partial charge in [-0.05, 0) is 25.1 Å². The van der Waals surface area contributed by atoms with E-state index in [4.69, 9.17) is 28.9 Å². The number of hydrogen-bond donors (Lipinski definition) is 2. The molecule has 0 aromatic heterocycles. The topological polar surface area (TPSA) is 55.1 Å². The molecule has 1 unspecified atom stereocenters. The van der Waals surface area contributed by atoms with Gasteiger partial charge in [-0.2, -0.15) is 0 Å². The van der Waals surface area contributed by atoms with Gasteiger partial charge in [0.1, 0.15) is 6.04 Å². The second-order valence-electron chi connectivity index (χ2n) is 2.89. The van der Waals surface area contributed by atoms with Crippen LogP contribution in [0.3, 0.4) is 0 Å². The second-order valence-corrected chi connectivity index (χ2v) is 3.74. The molecule has 0 saturated heterocycles. The van der Waals surface area contributed by atoms with Crippen LogP contribution in [0.2, 0.25) is 10.0 Å². The van der Waals surface area contributed by atoms with E-state index < -0.39 is 11.9 Å². The Bertz CT molecular complexity index is 355. The molecule has 1 atom stereocenters. The Labute approximate surface area is 92.2 Å². The van der Waals surface area contributed by atoms with Gasteiger partial charge in [0.2, 0.25) is 5.91 Å². The van der Waals surface area contributed by atoms with E-state index in [1.165, 1.54) is 0 Å². The maximum Gasteiger partial charge on any atom is 0.239 e. The van der Waals surface area contributed by atoms with Gasteiger partial charge in [-0.1, -0.05) is 23.2 Å². The monoisotopic (exact) mass is 232 g/mol. The summed E-state index contributed by atoms with van der Waals surface area (Å²) in [5, 5.41) is 3.88. The molecule has 0 fully saturated rings. The standard InChI is InChI=1S/C9H10Cl2N2O/c1-5(9(12)14)13-8-3-2-6(10)4-7(8)11/h2-5,13H,1H3,(H2,12,14). The third-order valence-corrected chi connectivity index (χ3v) is 2.28. The van der Waals surface area contributed by atoms with Gasteiger partial charge in [0.15, 0.2) is 0 Å². The SMILES string of the molecule is CC(Nc1ccc(Cl)cc1Cl)C(N)=O. The summed E-state index contributed by atoms with van der Waals surface area (Å²) in [5.74, 6) is -0.434. The number of carbonyl (C=O) groups is 1. The molecule has 1 rings (SSSR count). The average molecular weight is 233 g/mol. The Hall–Kier alpha value is -0.930. The van der Waals surface area contributed by atoms with Crippen LogP contribution in [0.5, 0.6) is 0 Å². The highest BCUT2D eigenvalue weighted by atomic mass is 35.5. The van der Waals surface area contributed by atoms with Gasteiger partial charge in [-0.3, -0.25) is 4.79 Å². The summed E-state index contributed by atoms with van der Waals surface area (Å²) < 4.78 is 0. The van der Waals surface area contributed by atoms with Crippen LogP contribution in [0.25, 0.3) is 0 Å². The molecule has 14 heavy (non-hydrogen) atoms. The minimum atomic E-state index is -0.464. The zero-order valence-corrected chi connectivity index (χ0v) is 9.06. The Morgan fingerprint density at radius 2 is 2.14 bits per heavy atom. The number of primary amides is 1. The van der Waals surface area contributed by atoms with Gasteiger partial charge in [0.25, 0.3) is 0 Å². The van der Waals surface area contributed by atoms with Crippen LogP contribution in [0.4, 0.5) is 5.69 Å². The van der Waals surface area contributed by atoms with E-state index in [1.54, 1.807) is 25.1 Å². The number of nitrogens with two attached hydrogens (primary N) is 1. The molecule has 1 amide bonds. The van der Waals surface area contributed by atoms with Crippen molar-refractivity contribution in [2.24, 2.45) is 5.73 Å². The summed E-state index contributed by atoms with van der Waals surface area (Å²) in [6, 6.07) is 4.51. The number of anilines is 1. The van der Waals surface area contributed by atoms with Gasteiger partial charge in [-0.15, -0.1) is 0 Å². The zero-order chi connectivity index (χ0) is 10.7. The van der Waals surface area contributed by atoms with Crippen molar-refractivity contribution in [3.63, 3.8) is 0 Å². The van der Waals surface area contributed by atoms with Gasteiger partial charge in [0.05, 0.1) is 10.7 Å². The summed E-state index contributed by atoms with van der Waals surface area (Å²) in [7, 11) is 0. The molecule has 0 aliphatic carbocycles. The van der Waals surface area contributed by atoms with E-state index in [2.05, 4.69) is 5.32 Å². The summed E-state index contributed by atoms with van der Waals surface area (Å²) in [6.07, 6.45) is 0. The fraction of sp³-hybridized carbons (Fsp3) is 0.222. The molecule has 5 heteroatoms. The molecule has 0 saturated carbocycles. The fourth-order valence-corrected chi connectivity index (χ4v) is 1.37. The molecular weight excluding hydrogens is 223 g/mol. The Kier molecular flexibility index (Phi) is 3.61. The lowest BCUT2D eigenvalue weighted by Crippen LogP contribution is -2.32. The largest absolute Gasteiger partial charge is 0.373 e. The quantitative estimate of drug-likeness (QED) is 0.841. The summed E-state index contributed by atoms with van der Waals surface area (Å²) in [6.45, 7) is 1.66. The van der Waals surface area contributed by atoms with E-state index in [1.807, 2.05) is 0 Å². The smallest absolute Gasteiger partial charge is 0.239 e. The van der Waals surface area contributed by atoms with Crippen molar-refractivity contribution in [1.29, 1.82) is 0 Å². The van der Waals surface area contributed by atoms with Gasteiger partial charge in [0, 0.05) is 5.02 Å². The lowest BCUT2D eigenvalue weighted by Gasteiger charge is -2.12. The molecule has 0 aliphatic rings. The first-order valence-electron chi connectivity index (χ1n) is 4.01. The van der Waals surface area contributed by atoms with Crippen molar-refractivity contribution in [3.05, 3.63) is 28.2 Å². The van der Waals surface area contributed by atoms with Crippen LogP contribution < -0.4 is 11.1 Å². The Balaban J connectivity index is 2.82. The molecule has 3 N–H and O–H groups in total. The van der Waals surface area contributed by atoms with Crippen LogP contribution >= 0.6 is 23.2 Å². The number of halogens is 2. The van der Waals surface area contributed by atoms with Crippen LogP contribution in [0.1, 0.15) is 6.92 Å². The van der Waals surface area contributed by atoms with Crippen molar-refractivity contribution >= 4 is 34.8 Å². The predicted molar refractivity (Wildman–Crippen MR) is 58.7 cm³/mol. The number of rotatable bonds is 3. The third-order valence-electron chi connectivity index (χ3n) is 1.73. The highest BCUT2D eigenvalue weighted by molar-refractivity contribution is 6.36. The highest BCUT2D eigenvalue weighted by Gasteiger charge is 2.09. The molecule has 0 bridgehead atoms. The van der Waals surface area contributed by atoms with Crippen molar-refractivity contribution < 1.29 is 4.79 Å². The van der Waals surface area contributed by atoms with Crippen molar-refractivity contribution in [1.82, 2.24) is 0 Å². The summed E-state index contributed by atoms with van der Waals surface area (Å²) in [5.41, 5.74) is 5.73. The second kappa shape index (κ2) is 4.53. The molecular formula is C9H10Cl2N2O. The van der Waals surface area contributed by atoms with Crippen LogP contribution in [0.15, 0.2) is 18.2 Å². The molecule has 0 heterocycles. The van der Waals surface area contributed by atoms with Gasteiger partial charge < -0.3 is 11.1 Å². The van der Waals surface area contributed by atoms with Crippen LogP contribution in [-0.2, 0) is 4.79 Å². The van der Waals surface area contributed by atoms with E-state index in [9.17, 15) is 4.79 Å². The van der Waals surface area contributed by atoms with E-state index in [0.717, 1.165) is 0 Å². The summed E-state index contributed by atoms with van der Waals surface area (Å²) in [4.78, 5) is 10.8. The van der Waals surface area contributed by atoms with Gasteiger partial charge in [-0.25, -0.2) is 0 Å². The number of amides is 1. The first-order valence-corrected chi connectivity index (χ1v) is 4.77. The lowest BCUT2D eigenvalue weighted by atomic mass is 10.2. The maximum absolute atomic E-state index is 10.8. The third kappa shape index (κ3) is 2.79. The number of hydrogen-bond acceptors (Lipinski definition) is 2. The molecule has 1 aromatic rings. The van der Waals surface area contributed by atoms with E-state index >= 15 is 0 Å². The molecule has 76 valence electrons. The normalized spacial score (nSPS) is 12.2. The van der Waals surface area contributed by atoms with Crippen molar-refractivity contribution in [3.8, 4) is 0 Å². The molecule has 1 aromatic carbocycles. The minimum Gasteiger partial charge on any atom is -0.373 e. The van der Waals surface area contributed by atoms with Gasteiger partial charge >= 0.3 is 0 Å². The molecule has 0 radical (unpaired) electrons. The zero-order valence-electron chi connectivity index (χ0n) is 7.55. The Morgan fingerprint density at radius 1 is 1.50 bits per heavy atom. The minimum absolute atomic E-state index is 0.434. The van der Waals surface area contributed by atoms with Crippen LogP contribution in [0, 0.1) is 0 Å². The number of benzene rings is 1. The average Bonchev–Trinajstić information content (AvgIpc) is 2.09.